The normalized spacial score (nSPS) is 19.1. The number of amides is 1. The molecule has 1 aromatic carbocycles. The predicted octanol–water partition coefficient (Wildman–Crippen LogP) is 3.35. The summed E-state index contributed by atoms with van der Waals surface area (Å²) in [4.78, 5) is 14.4. The number of para-hydroxylation sites is 1. The number of ether oxygens (including phenoxy) is 1. The highest BCUT2D eigenvalue weighted by Crippen LogP contribution is 2.31. The van der Waals surface area contributed by atoms with Crippen molar-refractivity contribution in [3.05, 3.63) is 29.8 Å². The highest BCUT2D eigenvalue weighted by Gasteiger charge is 2.26. The van der Waals surface area contributed by atoms with Gasteiger partial charge >= 0.3 is 0 Å². The van der Waals surface area contributed by atoms with Gasteiger partial charge in [0, 0.05) is 19.1 Å². The molecule has 1 saturated carbocycles. The summed E-state index contributed by atoms with van der Waals surface area (Å²) < 4.78 is 5.89. The lowest BCUT2D eigenvalue weighted by Gasteiger charge is -2.32. The number of piperidine rings is 1. The van der Waals surface area contributed by atoms with Crippen molar-refractivity contribution in [3.63, 3.8) is 0 Å². The lowest BCUT2D eigenvalue weighted by Crippen LogP contribution is -2.46. The fourth-order valence-corrected chi connectivity index (χ4v) is 3.43. The minimum absolute atomic E-state index is 0.00517. The van der Waals surface area contributed by atoms with Gasteiger partial charge in [0.15, 0.2) is 6.61 Å². The monoisotopic (exact) mass is 344 g/mol. The Morgan fingerprint density at radius 3 is 2.48 bits per heavy atom. The molecule has 2 fully saturated rings. The summed E-state index contributed by atoms with van der Waals surface area (Å²) in [5.41, 5.74) is 1.15. The van der Waals surface area contributed by atoms with Gasteiger partial charge < -0.3 is 15.0 Å². The minimum Gasteiger partial charge on any atom is -0.483 e. The Bertz CT molecular complexity index is 582. The molecule has 1 amide bonds. The maximum absolute atomic E-state index is 12.5. The van der Waals surface area contributed by atoms with Gasteiger partial charge in [-0.1, -0.05) is 39.0 Å². The summed E-state index contributed by atoms with van der Waals surface area (Å²) in [6, 6.07) is 8.60. The number of nitrogens with zero attached hydrogens (tertiary/aromatic N) is 1. The van der Waals surface area contributed by atoms with Crippen molar-refractivity contribution in [1.82, 2.24) is 10.2 Å². The van der Waals surface area contributed by atoms with Gasteiger partial charge in [-0.25, -0.2) is 0 Å². The molecule has 3 rings (SSSR count). The summed E-state index contributed by atoms with van der Waals surface area (Å²) >= 11 is 0. The molecule has 1 aliphatic carbocycles. The Hall–Kier alpha value is -1.55. The largest absolute Gasteiger partial charge is 0.483 e. The first-order valence-corrected chi connectivity index (χ1v) is 9.67. The van der Waals surface area contributed by atoms with Crippen LogP contribution in [0.2, 0.25) is 0 Å². The van der Waals surface area contributed by atoms with Gasteiger partial charge in [-0.15, -0.1) is 0 Å². The summed E-state index contributed by atoms with van der Waals surface area (Å²) in [5, 5.41) is 3.66. The molecule has 1 aliphatic heterocycles. The maximum atomic E-state index is 12.5. The van der Waals surface area contributed by atoms with E-state index in [4.69, 9.17) is 4.74 Å². The molecule has 4 heteroatoms. The Labute approximate surface area is 151 Å². The number of benzene rings is 1. The molecule has 2 aliphatic rings. The Morgan fingerprint density at radius 2 is 1.84 bits per heavy atom. The van der Waals surface area contributed by atoms with E-state index in [1.807, 2.05) is 23.1 Å². The fourth-order valence-electron chi connectivity index (χ4n) is 3.43. The summed E-state index contributed by atoms with van der Waals surface area (Å²) in [6.07, 6.45) is 4.88. The van der Waals surface area contributed by atoms with Gasteiger partial charge in [-0.05, 0) is 55.2 Å². The van der Waals surface area contributed by atoms with Crippen LogP contribution in [0.5, 0.6) is 5.75 Å². The second-order valence-corrected chi connectivity index (χ2v) is 8.54. The van der Waals surface area contributed by atoms with E-state index < -0.39 is 0 Å². The number of hydrogen-bond donors (Lipinski definition) is 1. The van der Waals surface area contributed by atoms with Crippen molar-refractivity contribution in [2.24, 2.45) is 5.92 Å². The van der Waals surface area contributed by atoms with Gasteiger partial charge in [0.05, 0.1) is 0 Å². The van der Waals surface area contributed by atoms with Crippen molar-refractivity contribution < 1.29 is 9.53 Å². The molecule has 1 saturated heterocycles. The third kappa shape index (κ3) is 5.21. The molecule has 1 heterocycles. The predicted molar refractivity (Wildman–Crippen MR) is 101 cm³/mol. The fraction of sp³-hybridized carbons (Fsp3) is 0.667. The average Bonchev–Trinajstić information content (AvgIpc) is 3.42. The van der Waals surface area contributed by atoms with Gasteiger partial charge in [-0.2, -0.15) is 0 Å². The molecule has 0 atom stereocenters. The van der Waals surface area contributed by atoms with Crippen molar-refractivity contribution in [2.45, 2.75) is 57.9 Å². The lowest BCUT2D eigenvalue weighted by molar-refractivity contribution is -0.134. The molecule has 0 bridgehead atoms. The zero-order valence-electron chi connectivity index (χ0n) is 15.9. The molecule has 138 valence electrons. The van der Waals surface area contributed by atoms with Crippen LogP contribution in [0.15, 0.2) is 24.3 Å². The minimum atomic E-state index is 0.00517. The third-order valence-corrected chi connectivity index (χ3v) is 5.29. The van der Waals surface area contributed by atoms with E-state index in [1.165, 1.54) is 12.8 Å². The summed E-state index contributed by atoms with van der Waals surface area (Å²) in [7, 11) is 0. The van der Waals surface area contributed by atoms with Crippen LogP contribution < -0.4 is 10.1 Å². The van der Waals surface area contributed by atoms with E-state index in [9.17, 15) is 4.79 Å². The van der Waals surface area contributed by atoms with Crippen molar-refractivity contribution in [2.75, 3.05) is 26.2 Å². The zero-order valence-corrected chi connectivity index (χ0v) is 15.9. The SMILES string of the molecule is CC(C)(C)c1ccccc1OCC(=O)N1CCC(NCC2CC2)CC1. The van der Waals surface area contributed by atoms with Crippen LogP contribution >= 0.6 is 0 Å². The smallest absolute Gasteiger partial charge is 0.260 e. The van der Waals surface area contributed by atoms with Crippen LogP contribution in [-0.2, 0) is 10.2 Å². The van der Waals surface area contributed by atoms with Crippen molar-refractivity contribution >= 4 is 5.91 Å². The standard InChI is InChI=1S/C21H32N2O2/c1-21(2,3)18-6-4-5-7-19(18)25-15-20(24)23-12-10-17(11-13-23)22-14-16-8-9-16/h4-7,16-17,22H,8-15H2,1-3H3. The number of likely N-dealkylation sites (tertiary alicyclic amines) is 1. The maximum Gasteiger partial charge on any atom is 0.260 e. The van der Waals surface area contributed by atoms with E-state index in [0.717, 1.165) is 49.7 Å². The number of hydrogen-bond acceptors (Lipinski definition) is 3. The first-order valence-electron chi connectivity index (χ1n) is 9.67. The molecule has 25 heavy (non-hydrogen) atoms. The molecule has 0 aromatic heterocycles. The second kappa shape index (κ2) is 7.77. The second-order valence-electron chi connectivity index (χ2n) is 8.54. The highest BCUT2D eigenvalue weighted by atomic mass is 16.5. The van der Waals surface area contributed by atoms with Gasteiger partial charge in [0.2, 0.25) is 0 Å². The first kappa shape index (κ1) is 18.2. The number of carbonyl (C=O) groups excluding carboxylic acids is 1. The Kier molecular flexibility index (Phi) is 5.67. The number of carbonyl (C=O) groups is 1. The van der Waals surface area contributed by atoms with E-state index >= 15 is 0 Å². The quantitative estimate of drug-likeness (QED) is 0.860. The first-order chi connectivity index (χ1) is 11.9. The molecule has 0 spiro atoms. The van der Waals surface area contributed by atoms with Crippen LogP contribution in [0.1, 0.15) is 52.0 Å². The average molecular weight is 344 g/mol. The van der Waals surface area contributed by atoms with E-state index in [2.05, 4.69) is 32.2 Å². The van der Waals surface area contributed by atoms with Crippen molar-refractivity contribution in [3.8, 4) is 5.75 Å². The third-order valence-electron chi connectivity index (χ3n) is 5.29. The molecule has 0 radical (unpaired) electrons. The van der Waals surface area contributed by atoms with Crippen LogP contribution in [0.3, 0.4) is 0 Å². The van der Waals surface area contributed by atoms with E-state index in [0.29, 0.717) is 6.04 Å². The summed E-state index contributed by atoms with van der Waals surface area (Å²) in [5.74, 6) is 1.84. The Morgan fingerprint density at radius 1 is 1.16 bits per heavy atom. The van der Waals surface area contributed by atoms with Crippen LogP contribution in [-0.4, -0.2) is 43.1 Å². The Balaban J connectivity index is 1.45. The number of nitrogens with one attached hydrogen (secondary N) is 1. The molecule has 0 unspecified atom stereocenters. The lowest BCUT2D eigenvalue weighted by atomic mass is 9.86. The van der Waals surface area contributed by atoms with Crippen LogP contribution in [0, 0.1) is 5.92 Å². The topological polar surface area (TPSA) is 41.6 Å². The molecule has 1 aromatic rings. The van der Waals surface area contributed by atoms with Gasteiger partial charge in [0.1, 0.15) is 5.75 Å². The zero-order chi connectivity index (χ0) is 17.9. The molecular formula is C21H32N2O2. The molecule has 4 nitrogen and oxygen atoms in total. The van der Waals surface area contributed by atoms with Gasteiger partial charge in [0.25, 0.3) is 5.91 Å². The van der Waals surface area contributed by atoms with Gasteiger partial charge in [-0.3, -0.25) is 4.79 Å². The van der Waals surface area contributed by atoms with E-state index in [-0.39, 0.29) is 17.9 Å². The van der Waals surface area contributed by atoms with Crippen LogP contribution in [0.4, 0.5) is 0 Å². The molecule has 1 N–H and O–H groups in total. The van der Waals surface area contributed by atoms with Crippen LogP contribution in [0.25, 0.3) is 0 Å². The number of rotatable bonds is 6. The molecular weight excluding hydrogens is 312 g/mol. The van der Waals surface area contributed by atoms with Crippen molar-refractivity contribution in [1.29, 1.82) is 0 Å². The highest BCUT2D eigenvalue weighted by molar-refractivity contribution is 5.78. The summed E-state index contributed by atoms with van der Waals surface area (Å²) in [6.45, 7) is 9.46. The van der Waals surface area contributed by atoms with E-state index in [1.54, 1.807) is 0 Å².